The predicted octanol–water partition coefficient (Wildman–Crippen LogP) is 2.65. The van der Waals surface area contributed by atoms with Gasteiger partial charge in [0, 0.05) is 43.1 Å². The smallest absolute Gasteiger partial charge is 0.0534 e. The number of aromatic nitrogens is 2. The van der Waals surface area contributed by atoms with E-state index >= 15 is 0 Å². The van der Waals surface area contributed by atoms with Gasteiger partial charge in [-0.05, 0) is 37.5 Å². The second kappa shape index (κ2) is 5.67. The van der Waals surface area contributed by atoms with E-state index in [-0.39, 0.29) is 0 Å². The summed E-state index contributed by atoms with van der Waals surface area (Å²) in [6.45, 7) is 5.02. The largest absolute Gasteiger partial charge is 0.399 e. The molecular formula is C16H22N4. The summed E-state index contributed by atoms with van der Waals surface area (Å²) < 4.78 is 1.99. The molecule has 1 heterocycles. The van der Waals surface area contributed by atoms with Crippen molar-refractivity contribution in [2.24, 2.45) is 0 Å². The van der Waals surface area contributed by atoms with Gasteiger partial charge in [0.2, 0.25) is 0 Å². The van der Waals surface area contributed by atoms with Crippen LogP contribution < -0.4 is 5.73 Å². The fourth-order valence-corrected chi connectivity index (χ4v) is 2.51. The molecule has 0 spiro atoms. The molecule has 0 unspecified atom stereocenters. The molecule has 20 heavy (non-hydrogen) atoms. The van der Waals surface area contributed by atoms with Gasteiger partial charge in [0.25, 0.3) is 0 Å². The van der Waals surface area contributed by atoms with Gasteiger partial charge in [0.05, 0.1) is 6.20 Å². The van der Waals surface area contributed by atoms with Crippen molar-refractivity contribution < 1.29 is 0 Å². The molecule has 1 aromatic heterocycles. The van der Waals surface area contributed by atoms with Crippen LogP contribution in [-0.4, -0.2) is 20.7 Å². The lowest BCUT2D eigenvalue weighted by atomic mass is 10.2. The number of nitrogens with two attached hydrogens (primary N) is 1. The summed E-state index contributed by atoms with van der Waals surface area (Å²) in [5.74, 6) is 0. The molecule has 1 aromatic carbocycles. The summed E-state index contributed by atoms with van der Waals surface area (Å²) in [7, 11) is 0. The van der Waals surface area contributed by atoms with E-state index in [4.69, 9.17) is 5.73 Å². The molecule has 106 valence electrons. The lowest BCUT2D eigenvalue weighted by Crippen LogP contribution is -2.24. The van der Waals surface area contributed by atoms with Crippen molar-refractivity contribution in [2.75, 3.05) is 5.73 Å². The molecule has 2 N–H and O–H groups in total. The first-order valence-corrected chi connectivity index (χ1v) is 7.34. The topological polar surface area (TPSA) is 47.1 Å². The Hall–Kier alpha value is -1.81. The number of rotatable bonds is 6. The van der Waals surface area contributed by atoms with Crippen LogP contribution in [-0.2, 0) is 19.6 Å². The number of nitrogens with zero attached hydrogens (tertiary/aromatic N) is 3. The third kappa shape index (κ3) is 3.20. The molecule has 1 aliphatic rings. The second-order valence-corrected chi connectivity index (χ2v) is 5.58. The minimum atomic E-state index is 0.734. The van der Waals surface area contributed by atoms with E-state index in [9.17, 15) is 0 Å². The van der Waals surface area contributed by atoms with Gasteiger partial charge in [-0.2, -0.15) is 5.10 Å². The summed E-state index contributed by atoms with van der Waals surface area (Å²) in [5.41, 5.74) is 9.20. The molecule has 1 fully saturated rings. The molecule has 0 atom stereocenters. The van der Waals surface area contributed by atoms with Crippen molar-refractivity contribution in [3.8, 4) is 0 Å². The molecule has 4 heteroatoms. The van der Waals surface area contributed by atoms with Crippen molar-refractivity contribution in [2.45, 2.75) is 45.4 Å². The Kier molecular flexibility index (Phi) is 3.74. The lowest BCUT2D eigenvalue weighted by Gasteiger charge is -2.21. The maximum atomic E-state index is 5.75. The molecular weight excluding hydrogens is 248 g/mol. The monoisotopic (exact) mass is 270 g/mol. The minimum absolute atomic E-state index is 0.734. The predicted molar refractivity (Wildman–Crippen MR) is 81.0 cm³/mol. The Bertz CT molecular complexity index is 554. The van der Waals surface area contributed by atoms with Crippen molar-refractivity contribution in [3.05, 3.63) is 47.8 Å². The summed E-state index contributed by atoms with van der Waals surface area (Å²) in [4.78, 5) is 2.54. The molecule has 0 amide bonds. The van der Waals surface area contributed by atoms with Gasteiger partial charge in [-0.1, -0.05) is 12.1 Å². The molecule has 0 radical (unpaired) electrons. The first kappa shape index (κ1) is 13.2. The van der Waals surface area contributed by atoms with E-state index in [0.717, 1.165) is 31.4 Å². The zero-order valence-corrected chi connectivity index (χ0v) is 12.0. The maximum absolute atomic E-state index is 5.75. The minimum Gasteiger partial charge on any atom is -0.399 e. The van der Waals surface area contributed by atoms with Crippen LogP contribution in [0.4, 0.5) is 5.69 Å². The van der Waals surface area contributed by atoms with Crippen LogP contribution in [0.25, 0.3) is 0 Å². The summed E-state index contributed by atoms with van der Waals surface area (Å²) in [6, 6.07) is 8.95. The third-order valence-electron chi connectivity index (χ3n) is 3.83. The molecule has 0 saturated heterocycles. The zero-order valence-electron chi connectivity index (χ0n) is 12.0. The Balaban J connectivity index is 1.67. The van der Waals surface area contributed by atoms with Crippen LogP contribution >= 0.6 is 0 Å². The number of benzene rings is 1. The summed E-state index contributed by atoms with van der Waals surface area (Å²) >= 11 is 0. The second-order valence-electron chi connectivity index (χ2n) is 5.58. The highest BCUT2D eigenvalue weighted by atomic mass is 15.3. The van der Waals surface area contributed by atoms with Gasteiger partial charge in [0.15, 0.2) is 0 Å². The van der Waals surface area contributed by atoms with Gasteiger partial charge in [0.1, 0.15) is 0 Å². The van der Waals surface area contributed by atoms with E-state index in [2.05, 4.69) is 35.3 Å². The van der Waals surface area contributed by atoms with E-state index in [1.54, 1.807) is 0 Å². The Morgan fingerprint density at radius 3 is 2.50 bits per heavy atom. The standard InChI is InChI=1S/C16H22N4/c1-2-20-12-14(9-18-20)11-19(16-7-8-16)10-13-3-5-15(17)6-4-13/h3-6,9,12,16H,2,7-8,10-11,17H2,1H3. The van der Waals surface area contributed by atoms with Crippen LogP contribution in [0.3, 0.4) is 0 Å². The van der Waals surface area contributed by atoms with Crippen LogP contribution in [0.15, 0.2) is 36.7 Å². The van der Waals surface area contributed by atoms with Crippen LogP contribution in [0, 0.1) is 0 Å². The van der Waals surface area contributed by atoms with Crippen LogP contribution in [0.2, 0.25) is 0 Å². The first-order valence-electron chi connectivity index (χ1n) is 7.34. The molecule has 0 bridgehead atoms. The number of hydrogen-bond donors (Lipinski definition) is 1. The van der Waals surface area contributed by atoms with Crippen molar-refractivity contribution in [3.63, 3.8) is 0 Å². The van der Waals surface area contributed by atoms with Gasteiger partial charge in [-0.3, -0.25) is 9.58 Å². The molecule has 1 saturated carbocycles. The van der Waals surface area contributed by atoms with E-state index in [1.165, 1.54) is 24.0 Å². The molecule has 0 aliphatic heterocycles. The van der Waals surface area contributed by atoms with Gasteiger partial charge in [-0.25, -0.2) is 0 Å². The summed E-state index contributed by atoms with van der Waals surface area (Å²) in [6.07, 6.45) is 6.77. The average Bonchev–Trinajstić information content (AvgIpc) is 3.21. The third-order valence-corrected chi connectivity index (χ3v) is 3.83. The summed E-state index contributed by atoms with van der Waals surface area (Å²) in [5, 5.41) is 4.36. The average molecular weight is 270 g/mol. The number of anilines is 1. The van der Waals surface area contributed by atoms with E-state index in [0.29, 0.717) is 0 Å². The van der Waals surface area contributed by atoms with Crippen molar-refractivity contribution in [1.29, 1.82) is 0 Å². The highest BCUT2D eigenvalue weighted by molar-refractivity contribution is 5.39. The zero-order chi connectivity index (χ0) is 13.9. The fraction of sp³-hybridized carbons (Fsp3) is 0.438. The van der Waals surface area contributed by atoms with E-state index in [1.807, 2.05) is 23.0 Å². The molecule has 4 nitrogen and oxygen atoms in total. The SMILES string of the molecule is CCn1cc(CN(Cc2ccc(N)cc2)C2CC2)cn1. The number of aryl methyl sites for hydroxylation is 1. The van der Waals surface area contributed by atoms with Gasteiger partial charge in [-0.15, -0.1) is 0 Å². The van der Waals surface area contributed by atoms with E-state index < -0.39 is 0 Å². The fourth-order valence-electron chi connectivity index (χ4n) is 2.51. The number of nitrogen functional groups attached to an aromatic ring is 1. The molecule has 1 aliphatic carbocycles. The Morgan fingerprint density at radius 1 is 1.20 bits per heavy atom. The molecule has 2 aromatic rings. The lowest BCUT2D eigenvalue weighted by molar-refractivity contribution is 0.245. The van der Waals surface area contributed by atoms with Gasteiger partial charge >= 0.3 is 0 Å². The van der Waals surface area contributed by atoms with Gasteiger partial charge < -0.3 is 5.73 Å². The van der Waals surface area contributed by atoms with Crippen LogP contribution in [0.5, 0.6) is 0 Å². The highest BCUT2D eigenvalue weighted by Gasteiger charge is 2.29. The quantitative estimate of drug-likeness (QED) is 0.821. The highest BCUT2D eigenvalue weighted by Crippen LogP contribution is 2.29. The first-order chi connectivity index (χ1) is 9.74. The normalized spacial score (nSPS) is 14.9. The van der Waals surface area contributed by atoms with Crippen molar-refractivity contribution >= 4 is 5.69 Å². The maximum Gasteiger partial charge on any atom is 0.0534 e. The Morgan fingerprint density at radius 2 is 1.90 bits per heavy atom. The van der Waals surface area contributed by atoms with Crippen molar-refractivity contribution in [1.82, 2.24) is 14.7 Å². The molecule has 3 rings (SSSR count). The Labute approximate surface area is 120 Å². The van der Waals surface area contributed by atoms with Crippen LogP contribution in [0.1, 0.15) is 30.9 Å². The number of hydrogen-bond acceptors (Lipinski definition) is 3.